The molecular formula is C18H16N3O2. The fourth-order valence-electron chi connectivity index (χ4n) is 2.10. The highest BCUT2D eigenvalue weighted by atomic mass is 16.4. The molecule has 3 rings (SSSR count). The Morgan fingerprint density at radius 2 is 2.04 bits per heavy atom. The number of aryl methyl sites for hydroxylation is 1. The van der Waals surface area contributed by atoms with Gasteiger partial charge in [0.15, 0.2) is 0 Å². The molecule has 0 saturated heterocycles. The monoisotopic (exact) mass is 306 g/mol. The smallest absolute Gasteiger partial charge is 0.251 e. The van der Waals surface area contributed by atoms with Gasteiger partial charge >= 0.3 is 0 Å². The molecule has 2 heterocycles. The molecule has 0 aliphatic heterocycles. The predicted molar refractivity (Wildman–Crippen MR) is 86.5 cm³/mol. The summed E-state index contributed by atoms with van der Waals surface area (Å²) in [5.41, 5.74) is 2.97. The largest absolute Gasteiger partial charge is 0.441 e. The Morgan fingerprint density at radius 1 is 1.26 bits per heavy atom. The molecule has 2 aromatic heterocycles. The third kappa shape index (κ3) is 3.45. The van der Waals surface area contributed by atoms with Gasteiger partial charge in [-0.15, -0.1) is 0 Å². The highest BCUT2D eigenvalue weighted by Crippen LogP contribution is 2.21. The Balaban J connectivity index is 1.68. The summed E-state index contributed by atoms with van der Waals surface area (Å²) in [4.78, 5) is 20.4. The number of aromatic nitrogens is 2. The van der Waals surface area contributed by atoms with Crippen molar-refractivity contribution in [3.05, 3.63) is 78.3 Å². The molecule has 0 aliphatic rings. The highest BCUT2D eigenvalue weighted by molar-refractivity contribution is 5.94. The van der Waals surface area contributed by atoms with Gasteiger partial charge in [0.1, 0.15) is 5.76 Å². The quantitative estimate of drug-likeness (QED) is 0.804. The lowest BCUT2D eigenvalue weighted by Crippen LogP contribution is -2.22. The van der Waals surface area contributed by atoms with Gasteiger partial charge in [-0.2, -0.15) is 0 Å². The van der Waals surface area contributed by atoms with Crippen molar-refractivity contribution < 1.29 is 9.21 Å². The van der Waals surface area contributed by atoms with Gasteiger partial charge in [-0.3, -0.25) is 9.78 Å². The lowest BCUT2D eigenvalue weighted by molar-refractivity contribution is 0.0951. The number of nitrogens with one attached hydrogen (secondary N) is 1. The first-order valence-electron chi connectivity index (χ1n) is 7.20. The number of pyridine rings is 1. The summed E-state index contributed by atoms with van der Waals surface area (Å²) in [6.45, 7) is 6.05. The van der Waals surface area contributed by atoms with Gasteiger partial charge in [0.25, 0.3) is 5.91 Å². The van der Waals surface area contributed by atoms with Crippen molar-refractivity contribution in [1.29, 1.82) is 0 Å². The molecule has 5 nitrogen and oxygen atoms in total. The maximum absolute atomic E-state index is 12.1. The van der Waals surface area contributed by atoms with Crippen molar-refractivity contribution in [1.82, 2.24) is 15.3 Å². The van der Waals surface area contributed by atoms with Crippen molar-refractivity contribution in [2.45, 2.75) is 13.5 Å². The minimum Gasteiger partial charge on any atom is -0.441 e. The van der Waals surface area contributed by atoms with E-state index in [0.29, 0.717) is 29.5 Å². The minimum atomic E-state index is -0.137. The Hall–Kier alpha value is -2.95. The van der Waals surface area contributed by atoms with Crippen molar-refractivity contribution in [2.24, 2.45) is 0 Å². The normalized spacial score (nSPS) is 10.5. The van der Waals surface area contributed by atoms with Crippen LogP contribution >= 0.6 is 0 Å². The summed E-state index contributed by atoms with van der Waals surface area (Å²) < 4.78 is 5.52. The van der Waals surface area contributed by atoms with Crippen LogP contribution in [0, 0.1) is 13.8 Å². The molecule has 1 radical (unpaired) electrons. The van der Waals surface area contributed by atoms with Crippen molar-refractivity contribution in [3.8, 4) is 11.5 Å². The van der Waals surface area contributed by atoms with Crippen LogP contribution in [-0.2, 0) is 6.54 Å². The summed E-state index contributed by atoms with van der Waals surface area (Å²) in [5.74, 6) is 1.06. The van der Waals surface area contributed by atoms with E-state index in [-0.39, 0.29) is 5.91 Å². The second kappa shape index (κ2) is 6.44. The third-order valence-electron chi connectivity index (χ3n) is 3.46. The van der Waals surface area contributed by atoms with Crippen LogP contribution in [0.3, 0.4) is 0 Å². The van der Waals surface area contributed by atoms with E-state index in [9.17, 15) is 4.79 Å². The zero-order valence-electron chi connectivity index (χ0n) is 12.7. The number of hydrogen-bond donors (Lipinski definition) is 1. The van der Waals surface area contributed by atoms with E-state index < -0.39 is 0 Å². The SMILES string of the molecule is [CH2]c1nc(-c2ccc(C(=O)NCc3cccnc3)cc2)oc1C. The molecule has 0 atom stereocenters. The van der Waals surface area contributed by atoms with Crippen LogP contribution in [0.25, 0.3) is 11.5 Å². The molecule has 115 valence electrons. The zero-order valence-corrected chi connectivity index (χ0v) is 12.7. The number of amides is 1. The topological polar surface area (TPSA) is 68.0 Å². The molecule has 5 heteroatoms. The van der Waals surface area contributed by atoms with Crippen molar-refractivity contribution in [2.75, 3.05) is 0 Å². The average Bonchev–Trinajstić information content (AvgIpc) is 2.93. The van der Waals surface area contributed by atoms with Gasteiger partial charge in [-0.1, -0.05) is 6.07 Å². The first-order chi connectivity index (χ1) is 11.1. The summed E-state index contributed by atoms with van der Waals surface area (Å²) in [7, 11) is 0. The molecular weight excluding hydrogens is 290 g/mol. The van der Waals surface area contributed by atoms with E-state index in [4.69, 9.17) is 4.42 Å². The van der Waals surface area contributed by atoms with Crippen molar-refractivity contribution >= 4 is 5.91 Å². The standard InChI is InChI=1S/C18H16N3O2/c1-12-13(2)23-18(21-12)16-7-5-15(6-8-16)17(22)20-11-14-4-3-9-19-10-14/h3-10H,1,11H2,2H3,(H,20,22). The van der Waals surface area contributed by atoms with E-state index in [1.165, 1.54) is 0 Å². The van der Waals surface area contributed by atoms with Gasteiger partial charge < -0.3 is 9.73 Å². The fraction of sp³-hybridized carbons (Fsp3) is 0.111. The Morgan fingerprint density at radius 3 is 2.65 bits per heavy atom. The number of carbonyl (C=O) groups is 1. The minimum absolute atomic E-state index is 0.137. The van der Waals surface area contributed by atoms with Crippen LogP contribution < -0.4 is 5.32 Å². The van der Waals surface area contributed by atoms with E-state index >= 15 is 0 Å². The number of benzene rings is 1. The van der Waals surface area contributed by atoms with Crippen LogP contribution in [0.2, 0.25) is 0 Å². The number of carbonyl (C=O) groups excluding carboxylic acids is 1. The molecule has 0 aliphatic carbocycles. The average molecular weight is 306 g/mol. The first kappa shape index (κ1) is 15.0. The zero-order chi connectivity index (χ0) is 16.2. The second-order valence-corrected chi connectivity index (χ2v) is 5.14. The fourth-order valence-corrected chi connectivity index (χ4v) is 2.10. The van der Waals surface area contributed by atoms with Gasteiger partial charge in [0, 0.05) is 30.1 Å². The molecule has 3 aromatic rings. The first-order valence-corrected chi connectivity index (χ1v) is 7.20. The molecule has 1 amide bonds. The summed E-state index contributed by atoms with van der Waals surface area (Å²) in [6, 6.07) is 10.9. The Bertz CT molecular complexity index is 789. The molecule has 1 N–H and O–H groups in total. The third-order valence-corrected chi connectivity index (χ3v) is 3.46. The van der Waals surface area contributed by atoms with Gasteiger partial charge in [0.05, 0.1) is 5.69 Å². The summed E-state index contributed by atoms with van der Waals surface area (Å²) in [6.07, 6.45) is 3.43. The Labute approximate surface area is 134 Å². The van der Waals surface area contributed by atoms with E-state index in [0.717, 1.165) is 11.1 Å². The van der Waals surface area contributed by atoms with Crippen LogP contribution in [0.1, 0.15) is 27.4 Å². The van der Waals surface area contributed by atoms with Gasteiger partial charge in [-0.25, -0.2) is 4.98 Å². The van der Waals surface area contributed by atoms with Crippen LogP contribution in [0.4, 0.5) is 0 Å². The number of hydrogen-bond acceptors (Lipinski definition) is 4. The number of nitrogens with zero attached hydrogens (tertiary/aromatic N) is 2. The molecule has 0 unspecified atom stereocenters. The van der Waals surface area contributed by atoms with Crippen LogP contribution in [0.5, 0.6) is 0 Å². The molecule has 0 bridgehead atoms. The number of rotatable bonds is 4. The second-order valence-electron chi connectivity index (χ2n) is 5.14. The van der Waals surface area contributed by atoms with E-state index in [2.05, 4.69) is 22.2 Å². The Kier molecular flexibility index (Phi) is 4.19. The molecule has 0 spiro atoms. The highest BCUT2D eigenvalue weighted by Gasteiger charge is 2.10. The van der Waals surface area contributed by atoms with Gasteiger partial charge in [-0.05, 0) is 49.7 Å². The number of oxazole rings is 1. The van der Waals surface area contributed by atoms with Crippen LogP contribution in [0.15, 0.2) is 53.2 Å². The van der Waals surface area contributed by atoms with E-state index in [1.807, 2.05) is 31.2 Å². The van der Waals surface area contributed by atoms with Gasteiger partial charge in [0.2, 0.25) is 5.89 Å². The molecule has 0 fully saturated rings. The molecule has 0 saturated carbocycles. The van der Waals surface area contributed by atoms with Crippen molar-refractivity contribution in [3.63, 3.8) is 0 Å². The van der Waals surface area contributed by atoms with E-state index in [1.54, 1.807) is 24.5 Å². The lowest BCUT2D eigenvalue weighted by Gasteiger charge is -2.05. The summed E-state index contributed by atoms with van der Waals surface area (Å²) >= 11 is 0. The summed E-state index contributed by atoms with van der Waals surface area (Å²) in [5, 5.41) is 2.86. The predicted octanol–water partition coefficient (Wildman–Crippen LogP) is 3.16. The molecule has 1 aromatic carbocycles. The maximum atomic E-state index is 12.1. The lowest BCUT2D eigenvalue weighted by atomic mass is 10.1. The maximum Gasteiger partial charge on any atom is 0.251 e. The molecule has 23 heavy (non-hydrogen) atoms. The van der Waals surface area contributed by atoms with Crippen LogP contribution in [-0.4, -0.2) is 15.9 Å².